The van der Waals surface area contributed by atoms with Crippen molar-refractivity contribution in [3.8, 4) is 0 Å². The summed E-state index contributed by atoms with van der Waals surface area (Å²) >= 11 is 4.79. The molecule has 1 aromatic heterocycles. The molecule has 1 aliphatic rings. The summed E-state index contributed by atoms with van der Waals surface area (Å²) in [5.41, 5.74) is 0.0769. The van der Waals surface area contributed by atoms with Crippen LogP contribution in [0.4, 0.5) is 0 Å². The van der Waals surface area contributed by atoms with E-state index >= 15 is 0 Å². The molecule has 2 nitrogen and oxygen atoms in total. The van der Waals surface area contributed by atoms with Gasteiger partial charge in [0, 0.05) is 15.4 Å². The Morgan fingerprint density at radius 3 is 2.85 bits per heavy atom. The lowest BCUT2D eigenvalue weighted by Crippen LogP contribution is -2.33. The van der Waals surface area contributed by atoms with Gasteiger partial charge in [-0.2, -0.15) is 0 Å². The molecule has 0 unspecified atom stereocenters. The van der Waals surface area contributed by atoms with Gasteiger partial charge in [-0.3, -0.25) is 4.79 Å². The summed E-state index contributed by atoms with van der Waals surface area (Å²) < 4.78 is 0.976. The molecular formula is C9H10BrNOS. The Labute approximate surface area is 89.5 Å². The third-order valence-corrected chi connectivity index (χ3v) is 3.90. The number of rotatable bonds is 2. The molecule has 0 bridgehead atoms. The fourth-order valence-electron chi connectivity index (χ4n) is 1.08. The number of carbonyl (C=O) groups excluding carboxylic acids is 1. The maximum absolute atomic E-state index is 11.6. The van der Waals surface area contributed by atoms with Gasteiger partial charge >= 0.3 is 0 Å². The van der Waals surface area contributed by atoms with E-state index in [1.165, 1.54) is 11.3 Å². The van der Waals surface area contributed by atoms with Gasteiger partial charge in [0.15, 0.2) is 0 Å². The SMILES string of the molecule is CC1(NC(=O)c2cc(Br)cs2)CC1. The third-order valence-electron chi connectivity index (χ3n) is 2.21. The van der Waals surface area contributed by atoms with Crippen LogP contribution in [0.5, 0.6) is 0 Å². The Morgan fingerprint density at radius 2 is 2.38 bits per heavy atom. The van der Waals surface area contributed by atoms with Gasteiger partial charge in [-0.1, -0.05) is 0 Å². The quantitative estimate of drug-likeness (QED) is 0.870. The molecule has 1 N–H and O–H groups in total. The lowest BCUT2D eigenvalue weighted by Gasteiger charge is -2.09. The lowest BCUT2D eigenvalue weighted by molar-refractivity contribution is 0.0939. The molecule has 1 amide bonds. The molecule has 0 aromatic carbocycles. The summed E-state index contributed by atoms with van der Waals surface area (Å²) in [4.78, 5) is 12.4. The molecule has 13 heavy (non-hydrogen) atoms. The summed E-state index contributed by atoms with van der Waals surface area (Å²) in [6, 6.07) is 1.85. The molecule has 0 saturated heterocycles. The lowest BCUT2D eigenvalue weighted by atomic mass is 10.3. The minimum Gasteiger partial charge on any atom is -0.346 e. The van der Waals surface area contributed by atoms with Gasteiger partial charge in [0.2, 0.25) is 0 Å². The average Bonchev–Trinajstić information content (AvgIpc) is 2.62. The maximum Gasteiger partial charge on any atom is 0.261 e. The van der Waals surface area contributed by atoms with Crippen molar-refractivity contribution in [2.75, 3.05) is 0 Å². The van der Waals surface area contributed by atoms with E-state index in [0.29, 0.717) is 0 Å². The van der Waals surface area contributed by atoms with Crippen LogP contribution in [0.2, 0.25) is 0 Å². The molecular weight excluding hydrogens is 250 g/mol. The molecule has 1 aromatic rings. The predicted molar refractivity (Wildman–Crippen MR) is 57.1 cm³/mol. The molecule has 1 fully saturated rings. The predicted octanol–water partition coefficient (Wildman–Crippen LogP) is 2.79. The maximum atomic E-state index is 11.6. The van der Waals surface area contributed by atoms with Gasteiger partial charge in [-0.15, -0.1) is 11.3 Å². The second-order valence-corrected chi connectivity index (χ2v) is 5.47. The monoisotopic (exact) mass is 259 g/mol. The third kappa shape index (κ3) is 2.11. The molecule has 1 saturated carbocycles. The van der Waals surface area contributed by atoms with Crippen molar-refractivity contribution >= 4 is 33.2 Å². The number of hydrogen-bond acceptors (Lipinski definition) is 2. The van der Waals surface area contributed by atoms with Gasteiger partial charge in [-0.25, -0.2) is 0 Å². The largest absolute Gasteiger partial charge is 0.346 e. The zero-order valence-electron chi connectivity index (χ0n) is 7.26. The summed E-state index contributed by atoms with van der Waals surface area (Å²) in [5, 5.41) is 4.93. The van der Waals surface area contributed by atoms with Crippen LogP contribution in [0.1, 0.15) is 29.4 Å². The van der Waals surface area contributed by atoms with Gasteiger partial charge in [0.05, 0.1) is 4.88 Å². The molecule has 2 rings (SSSR count). The highest BCUT2D eigenvalue weighted by Gasteiger charge is 2.38. The van der Waals surface area contributed by atoms with E-state index in [-0.39, 0.29) is 11.4 Å². The van der Waals surface area contributed by atoms with E-state index in [4.69, 9.17) is 0 Å². The van der Waals surface area contributed by atoms with E-state index in [2.05, 4.69) is 28.2 Å². The minimum absolute atomic E-state index is 0.0516. The zero-order chi connectivity index (χ0) is 9.47. The topological polar surface area (TPSA) is 29.1 Å². The summed E-state index contributed by atoms with van der Waals surface area (Å²) in [5.74, 6) is 0.0516. The Kier molecular flexibility index (Phi) is 2.20. The highest BCUT2D eigenvalue weighted by molar-refractivity contribution is 9.10. The highest BCUT2D eigenvalue weighted by Crippen LogP contribution is 2.35. The first kappa shape index (κ1) is 9.21. The van der Waals surface area contributed by atoms with Gasteiger partial charge in [0.25, 0.3) is 5.91 Å². The van der Waals surface area contributed by atoms with Crippen LogP contribution in [0.3, 0.4) is 0 Å². The van der Waals surface area contributed by atoms with Crippen LogP contribution in [-0.4, -0.2) is 11.4 Å². The van der Waals surface area contributed by atoms with Crippen molar-refractivity contribution in [2.45, 2.75) is 25.3 Å². The van der Waals surface area contributed by atoms with Gasteiger partial charge in [-0.05, 0) is 41.8 Å². The van der Waals surface area contributed by atoms with Gasteiger partial charge in [0.1, 0.15) is 0 Å². The molecule has 4 heteroatoms. The van der Waals surface area contributed by atoms with Gasteiger partial charge < -0.3 is 5.32 Å². The molecule has 0 atom stereocenters. The number of halogens is 1. The summed E-state index contributed by atoms with van der Waals surface area (Å²) in [7, 11) is 0. The number of hydrogen-bond donors (Lipinski definition) is 1. The molecule has 0 spiro atoms. The fraction of sp³-hybridized carbons (Fsp3) is 0.444. The van der Waals surface area contributed by atoms with E-state index in [1.54, 1.807) is 0 Å². The van der Waals surface area contributed by atoms with Crippen LogP contribution in [0.15, 0.2) is 15.9 Å². The van der Waals surface area contributed by atoms with Crippen LogP contribution in [0, 0.1) is 0 Å². The van der Waals surface area contributed by atoms with E-state index in [1.807, 2.05) is 11.4 Å². The van der Waals surface area contributed by atoms with Crippen LogP contribution in [0.25, 0.3) is 0 Å². The molecule has 1 aliphatic carbocycles. The first-order valence-corrected chi connectivity index (χ1v) is 5.83. The first-order chi connectivity index (χ1) is 6.09. The van der Waals surface area contributed by atoms with Crippen LogP contribution in [-0.2, 0) is 0 Å². The van der Waals surface area contributed by atoms with E-state index in [0.717, 1.165) is 22.2 Å². The summed E-state index contributed by atoms with van der Waals surface area (Å²) in [6.07, 6.45) is 2.20. The number of nitrogens with one attached hydrogen (secondary N) is 1. The molecule has 0 aliphatic heterocycles. The Hall–Kier alpha value is -0.350. The fourth-order valence-corrected chi connectivity index (χ4v) is 2.40. The number of amides is 1. The van der Waals surface area contributed by atoms with Crippen LogP contribution >= 0.6 is 27.3 Å². The Morgan fingerprint density at radius 1 is 1.69 bits per heavy atom. The van der Waals surface area contributed by atoms with Crippen molar-refractivity contribution in [2.24, 2.45) is 0 Å². The first-order valence-electron chi connectivity index (χ1n) is 4.16. The molecule has 0 radical (unpaired) electrons. The Bertz CT molecular complexity index is 343. The van der Waals surface area contributed by atoms with E-state index in [9.17, 15) is 4.79 Å². The summed E-state index contributed by atoms with van der Waals surface area (Å²) in [6.45, 7) is 2.08. The Balaban J connectivity index is 2.05. The average molecular weight is 260 g/mol. The second-order valence-electron chi connectivity index (χ2n) is 3.64. The normalized spacial score (nSPS) is 18.3. The van der Waals surface area contributed by atoms with Crippen molar-refractivity contribution in [3.05, 3.63) is 20.8 Å². The van der Waals surface area contributed by atoms with Crippen LogP contribution < -0.4 is 5.32 Å². The highest BCUT2D eigenvalue weighted by atomic mass is 79.9. The van der Waals surface area contributed by atoms with E-state index < -0.39 is 0 Å². The molecule has 1 heterocycles. The van der Waals surface area contributed by atoms with Crippen molar-refractivity contribution in [3.63, 3.8) is 0 Å². The molecule has 70 valence electrons. The van der Waals surface area contributed by atoms with Crippen molar-refractivity contribution < 1.29 is 4.79 Å². The number of carbonyl (C=O) groups is 1. The standard InChI is InChI=1S/C9H10BrNOS/c1-9(2-3-9)11-8(12)7-4-6(10)5-13-7/h4-5H,2-3H2,1H3,(H,11,12). The second kappa shape index (κ2) is 3.10. The number of thiophene rings is 1. The van der Waals surface area contributed by atoms with Crippen molar-refractivity contribution in [1.29, 1.82) is 0 Å². The van der Waals surface area contributed by atoms with Crippen molar-refractivity contribution in [1.82, 2.24) is 5.32 Å². The minimum atomic E-state index is 0.0516. The smallest absolute Gasteiger partial charge is 0.261 e. The zero-order valence-corrected chi connectivity index (χ0v) is 9.67.